The number of hydrogen-bond donors (Lipinski definition) is 0. The molecule has 0 aliphatic rings. The predicted octanol–water partition coefficient (Wildman–Crippen LogP) is -16.6. The van der Waals surface area contributed by atoms with Gasteiger partial charge in [0, 0.05) is 0 Å². The summed E-state index contributed by atoms with van der Waals surface area (Å²) in [7, 11) is -11.7. The molecule has 0 aliphatic carbocycles. The van der Waals surface area contributed by atoms with Crippen LogP contribution in [0, 0.1) is 0 Å². The van der Waals surface area contributed by atoms with Gasteiger partial charge >= 0.3 is 78.6 Å². The fourth-order valence-electron chi connectivity index (χ4n) is 0. The van der Waals surface area contributed by atoms with Gasteiger partial charge in [0.25, 0.3) is 0 Å². The summed E-state index contributed by atoms with van der Waals surface area (Å²) >= 11 is 0. The molecule has 0 amide bonds. The second kappa shape index (κ2) is 42.9. The van der Waals surface area contributed by atoms with Crippen LogP contribution < -0.4 is 60.3 Å². The van der Waals surface area contributed by atoms with Crippen LogP contribution in [0.4, 0.5) is 0 Å². The Kier molecular flexibility index (Phi) is 106. The number of hydrogen-bond acceptors (Lipinski definition) is 12. The van der Waals surface area contributed by atoms with Crippen LogP contribution in [-0.4, -0.2) is 34.8 Å². The fraction of sp³-hybridized carbons (Fsp3) is 0. The topological polar surface area (TPSA) is 308 Å². The van der Waals surface area contributed by atoms with Crippen LogP contribution in [0.5, 0.6) is 0 Å². The molecule has 0 radical (unpaired) electrons. The van der Waals surface area contributed by atoms with Crippen molar-refractivity contribution < 1.29 is 144 Å². The van der Waals surface area contributed by atoms with E-state index in [0.717, 1.165) is 0 Å². The molecule has 0 aliphatic heterocycles. The zero-order valence-electron chi connectivity index (χ0n) is 9.21. The Balaban J connectivity index is -0.0000000150. The molecular weight excluding hydrogens is 525 g/mol. The minimum atomic E-state index is -2.92. The van der Waals surface area contributed by atoms with Gasteiger partial charge in [-0.2, -0.15) is 0 Å². The van der Waals surface area contributed by atoms with Gasteiger partial charge in [0.15, 0.2) is 0 Å². The molecule has 0 aromatic heterocycles. The van der Waals surface area contributed by atoms with Crippen molar-refractivity contribution in [1.82, 2.24) is 0 Å². The van der Waals surface area contributed by atoms with Crippen LogP contribution >= 0.6 is 0 Å². The van der Waals surface area contributed by atoms with Crippen LogP contribution in [-0.2, 0) is 78.6 Å². The molecule has 0 unspecified atom stereocenters. The quantitative estimate of drug-likeness (QED) is 0.265. The fourth-order valence-corrected chi connectivity index (χ4v) is 0. The zero-order valence-corrected chi connectivity index (χ0v) is 16.6. The monoisotopic (exact) mass is 524 g/mol. The van der Waals surface area contributed by atoms with Gasteiger partial charge in [-0.25, -0.2) is 0 Å². The molecule has 0 atom stereocenters. The van der Waals surface area contributed by atoms with Gasteiger partial charge in [0.2, 0.25) is 0 Å². The van der Waals surface area contributed by atoms with E-state index in [1.54, 1.807) is 0 Å². The standard InChI is InChI=1S/4BO3.H2O.3Zr/c4*2-1(3)4;;;;/h;;;;1H2;;;/q4*-3;;3*+4. The van der Waals surface area contributed by atoms with Gasteiger partial charge in [-0.3, -0.25) is 29.3 Å². The van der Waals surface area contributed by atoms with Crippen LogP contribution in [0.15, 0.2) is 0 Å². The first-order chi connectivity index (χ1) is 6.93. The van der Waals surface area contributed by atoms with Crippen molar-refractivity contribution in [2.24, 2.45) is 0 Å². The third-order valence-corrected chi connectivity index (χ3v) is 0. The maximum Gasteiger partial charge on any atom is 4.00 e. The summed E-state index contributed by atoms with van der Waals surface area (Å²) < 4.78 is 0. The SMILES string of the molecule is O.[O-]B([O-])[O-].[O-]B([O-])[O-].[O-]B([O-])[O-].[O-]B([O-])[O-].[Zr+4].[Zr+4].[Zr+4]. The molecule has 0 aromatic carbocycles. The van der Waals surface area contributed by atoms with E-state index in [2.05, 4.69) is 0 Å². The van der Waals surface area contributed by atoms with Crippen LogP contribution in [0.1, 0.15) is 0 Å². The van der Waals surface area contributed by atoms with Crippen LogP contribution in [0.3, 0.4) is 0 Å². The Labute approximate surface area is 172 Å². The first-order valence-corrected chi connectivity index (χ1v) is 2.83. The largest absolute Gasteiger partial charge is 4.00 e. The summed E-state index contributed by atoms with van der Waals surface area (Å²) in [4.78, 5) is 0. The zero-order chi connectivity index (χ0) is 14.3. The Morgan fingerprint density at radius 2 is 0.300 bits per heavy atom. The van der Waals surface area contributed by atoms with Crippen molar-refractivity contribution in [3.05, 3.63) is 0 Å². The summed E-state index contributed by atoms with van der Waals surface area (Å²) in [5.74, 6) is 0. The van der Waals surface area contributed by atoms with Crippen molar-refractivity contribution in [3.63, 3.8) is 0 Å². The summed E-state index contributed by atoms with van der Waals surface area (Å²) in [6.45, 7) is 0. The van der Waals surface area contributed by atoms with E-state index in [9.17, 15) is 0 Å². The molecule has 0 saturated carbocycles. The summed E-state index contributed by atoms with van der Waals surface area (Å²) in [6.07, 6.45) is 0. The van der Waals surface area contributed by atoms with Gasteiger partial charge in [0.05, 0.1) is 0 Å². The minimum absolute atomic E-state index is 0. The van der Waals surface area contributed by atoms with Crippen molar-refractivity contribution in [2.45, 2.75) is 0 Å². The second-order valence-corrected chi connectivity index (χ2v) is 1.15. The van der Waals surface area contributed by atoms with Gasteiger partial charge in [-0.15, -0.1) is 0 Å². The van der Waals surface area contributed by atoms with E-state index in [-0.39, 0.29) is 84.1 Å². The number of rotatable bonds is 0. The van der Waals surface area contributed by atoms with E-state index in [0.29, 0.717) is 0 Å². The molecule has 0 spiro atoms. The molecule has 0 saturated heterocycles. The maximum absolute atomic E-state index is 8.42. The predicted molar refractivity (Wildman–Crippen MR) is 26.6 cm³/mol. The van der Waals surface area contributed by atoms with Gasteiger partial charge in [-0.1, -0.05) is 0 Å². The van der Waals surface area contributed by atoms with Crippen molar-refractivity contribution in [2.75, 3.05) is 0 Å². The molecule has 0 heterocycles. The van der Waals surface area contributed by atoms with E-state index < -0.39 is 29.3 Å². The molecule has 2 N–H and O–H groups in total. The molecule has 0 bridgehead atoms. The summed E-state index contributed by atoms with van der Waals surface area (Å²) in [6, 6.07) is 0. The Hall–Kier alpha value is 2.39. The van der Waals surface area contributed by atoms with Gasteiger partial charge in [0.1, 0.15) is 0 Å². The van der Waals surface area contributed by atoms with Gasteiger partial charge < -0.3 is 65.8 Å². The smallest absolute Gasteiger partial charge is 0.907 e. The molecular formula is H2B4O13Zr3. The second-order valence-electron chi connectivity index (χ2n) is 1.15. The van der Waals surface area contributed by atoms with Crippen LogP contribution in [0.2, 0.25) is 0 Å². The molecule has 13 nitrogen and oxygen atoms in total. The molecule has 0 rings (SSSR count). The Morgan fingerprint density at radius 1 is 0.300 bits per heavy atom. The third-order valence-electron chi connectivity index (χ3n) is 0. The van der Waals surface area contributed by atoms with Crippen molar-refractivity contribution in [1.29, 1.82) is 0 Å². The minimum Gasteiger partial charge on any atom is -0.907 e. The summed E-state index contributed by atoms with van der Waals surface area (Å²) in [5.41, 5.74) is 0. The Bertz CT molecular complexity index is 68.6. The normalized spacial score (nSPS) is 5.40. The molecule has 20 heavy (non-hydrogen) atoms. The van der Waals surface area contributed by atoms with E-state index in [1.807, 2.05) is 0 Å². The summed E-state index contributed by atoms with van der Waals surface area (Å²) in [5, 5.41) is 101. The first-order valence-electron chi connectivity index (χ1n) is 2.83. The molecule has 0 fully saturated rings. The Morgan fingerprint density at radius 3 is 0.300 bits per heavy atom. The van der Waals surface area contributed by atoms with Gasteiger partial charge in [-0.05, 0) is 0 Å². The molecule has 20 heteroatoms. The van der Waals surface area contributed by atoms with Crippen molar-refractivity contribution in [3.8, 4) is 0 Å². The van der Waals surface area contributed by atoms with Crippen molar-refractivity contribution >= 4 is 29.3 Å². The third kappa shape index (κ3) is 1340. The van der Waals surface area contributed by atoms with E-state index >= 15 is 0 Å². The average Bonchev–Trinajstić information content (AvgIpc) is 1.76. The average molecular weight is 527 g/mol. The van der Waals surface area contributed by atoms with E-state index in [1.165, 1.54) is 0 Å². The molecule has 104 valence electrons. The first kappa shape index (κ1) is 49.5. The maximum atomic E-state index is 8.42. The molecule has 0 aromatic rings. The van der Waals surface area contributed by atoms with E-state index in [4.69, 9.17) is 60.3 Å². The van der Waals surface area contributed by atoms with Crippen LogP contribution in [0.25, 0.3) is 0 Å².